The summed E-state index contributed by atoms with van der Waals surface area (Å²) in [6.45, 7) is -2.29. The van der Waals surface area contributed by atoms with Gasteiger partial charge in [-0.05, 0) is 54.5 Å². The van der Waals surface area contributed by atoms with E-state index < -0.39 is 6.97 Å². The lowest BCUT2D eigenvalue weighted by atomic mass is 9.85. The Labute approximate surface area is 207 Å². The van der Waals surface area contributed by atoms with Crippen molar-refractivity contribution in [2.24, 2.45) is 0 Å². The van der Waals surface area contributed by atoms with E-state index in [1.807, 2.05) is 19.1 Å². The highest BCUT2D eigenvalue weighted by molar-refractivity contribution is 6.58. The molecule has 3 aromatic rings. The maximum Gasteiger partial charge on any atom is 0.737 e. The molecule has 0 saturated carbocycles. The number of methoxy groups -OCH3 is 2. The van der Waals surface area contributed by atoms with Crippen molar-refractivity contribution in [2.45, 2.75) is 6.92 Å². The topological polar surface area (TPSA) is 52.4 Å². The molecule has 9 heteroatoms. The number of benzene rings is 2. The number of allylic oxidation sites excluding steroid dienone is 2. The van der Waals surface area contributed by atoms with Gasteiger partial charge < -0.3 is 32.8 Å². The summed E-state index contributed by atoms with van der Waals surface area (Å²) >= 11 is 6.24. The van der Waals surface area contributed by atoms with Crippen molar-refractivity contribution < 1.29 is 22.6 Å². The van der Waals surface area contributed by atoms with Gasteiger partial charge in [-0.1, -0.05) is 23.7 Å². The zero-order valence-corrected chi connectivity index (χ0v) is 20.2. The number of anilines is 1. The third-order valence-electron chi connectivity index (χ3n) is 6.28. The Hall–Kier alpha value is -3.78. The number of halogens is 3. The van der Waals surface area contributed by atoms with Crippen LogP contribution in [0.1, 0.15) is 28.1 Å². The monoisotopic (exact) mass is 493 g/mol. The van der Waals surface area contributed by atoms with Crippen molar-refractivity contribution in [1.82, 2.24) is 4.48 Å². The second-order valence-electron chi connectivity index (χ2n) is 8.42. The Kier molecular flexibility index (Phi) is 5.56. The summed E-state index contributed by atoms with van der Waals surface area (Å²) in [6.07, 6.45) is 8.13. The molecule has 2 aromatic carbocycles. The lowest BCUT2D eigenvalue weighted by molar-refractivity contribution is -0.356. The van der Waals surface area contributed by atoms with Crippen LogP contribution in [-0.2, 0) is 0 Å². The fourth-order valence-corrected chi connectivity index (χ4v) is 4.99. The number of aromatic nitrogens is 1. The molecule has 5 nitrogen and oxygen atoms in total. The molecule has 0 spiro atoms. The normalized spacial score (nSPS) is 15.9. The number of fused-ring (bicyclic) bond motifs is 2. The number of nitrogen functional groups attached to an aromatic ring is 1. The highest BCUT2D eigenvalue weighted by atomic mass is 35.5. The molecule has 0 saturated heterocycles. The van der Waals surface area contributed by atoms with Crippen LogP contribution in [0, 0.1) is 6.92 Å². The van der Waals surface area contributed by atoms with Crippen molar-refractivity contribution in [1.29, 1.82) is 0 Å². The first-order valence-corrected chi connectivity index (χ1v) is 11.4. The zero-order chi connectivity index (χ0) is 24.9. The van der Waals surface area contributed by atoms with Gasteiger partial charge in [-0.15, -0.1) is 0 Å². The molecule has 0 amide bonds. The standard InChI is InChI=1S/C26H23BClF2N3O2/c1-16-13-21(11-8-18-14-19(28)15-23(34-2)26(18)35-3)33-25(16)24(17-6-9-20(31)10-7-17)22-5-4-12-32(22)27(33,29)30/h4-15H,31H2,1-3H3/b11-8+. The Balaban J connectivity index is 1.71. The molecule has 2 N–H and O–H groups in total. The molecule has 0 unspecified atom stereocenters. The number of nitrogens with two attached hydrogens (primary N) is 1. The number of hydrogen-bond acceptors (Lipinski definition) is 3. The summed E-state index contributed by atoms with van der Waals surface area (Å²) in [6, 6.07) is 12.4. The Morgan fingerprint density at radius 2 is 1.80 bits per heavy atom. The maximum atomic E-state index is 16.0. The molecule has 0 aliphatic carbocycles. The van der Waals surface area contributed by atoms with Gasteiger partial charge in [-0.25, -0.2) is 0 Å². The van der Waals surface area contributed by atoms with Crippen molar-refractivity contribution in [2.75, 3.05) is 20.0 Å². The van der Waals surface area contributed by atoms with Crippen molar-refractivity contribution in [3.63, 3.8) is 0 Å². The second kappa shape index (κ2) is 8.46. The van der Waals surface area contributed by atoms with Gasteiger partial charge in [-0.3, -0.25) is 0 Å². The highest BCUT2D eigenvalue weighted by Gasteiger charge is 2.53. The van der Waals surface area contributed by atoms with Crippen molar-refractivity contribution >= 4 is 48.2 Å². The van der Waals surface area contributed by atoms with Gasteiger partial charge in [0.15, 0.2) is 17.2 Å². The summed E-state index contributed by atoms with van der Waals surface area (Å²) in [4.78, 5) is 0. The van der Waals surface area contributed by atoms with Crippen LogP contribution in [0.25, 0.3) is 17.7 Å². The quantitative estimate of drug-likeness (QED) is 0.357. The smallest absolute Gasteiger partial charge is 0.493 e. The van der Waals surface area contributed by atoms with E-state index in [-0.39, 0.29) is 0 Å². The first-order valence-electron chi connectivity index (χ1n) is 11.0. The van der Waals surface area contributed by atoms with E-state index in [9.17, 15) is 0 Å². The maximum absolute atomic E-state index is 16.0. The van der Waals surface area contributed by atoms with Crippen molar-refractivity contribution in [3.05, 3.63) is 93.4 Å². The minimum Gasteiger partial charge on any atom is -0.493 e. The minimum atomic E-state index is -4.13. The molecule has 178 valence electrons. The van der Waals surface area contributed by atoms with Crippen LogP contribution in [0.2, 0.25) is 5.02 Å². The highest BCUT2D eigenvalue weighted by Crippen LogP contribution is 2.42. The number of ether oxygens (including phenoxy) is 2. The van der Waals surface area contributed by atoms with Gasteiger partial charge in [0.25, 0.3) is 0 Å². The molecule has 0 bridgehead atoms. The van der Waals surface area contributed by atoms with Crippen LogP contribution in [0.3, 0.4) is 0 Å². The first-order chi connectivity index (χ1) is 16.8. The Bertz CT molecular complexity index is 1470. The average molecular weight is 494 g/mol. The van der Waals surface area contributed by atoms with Gasteiger partial charge in [0.1, 0.15) is 6.21 Å². The zero-order valence-electron chi connectivity index (χ0n) is 19.4. The number of hydrogen-bond donors (Lipinski definition) is 1. The molecule has 0 radical (unpaired) electrons. The van der Waals surface area contributed by atoms with E-state index in [0.717, 1.165) is 25.7 Å². The molecular formula is C26H23BClF2N3O2. The van der Waals surface area contributed by atoms with Crippen LogP contribution in [0.4, 0.5) is 14.3 Å². The fraction of sp³-hybridized carbons (Fsp3) is 0.115. The Morgan fingerprint density at radius 3 is 2.49 bits per heavy atom. The molecule has 2 aliphatic heterocycles. The van der Waals surface area contributed by atoms with E-state index in [1.165, 1.54) is 20.4 Å². The van der Waals surface area contributed by atoms with E-state index in [1.54, 1.807) is 54.6 Å². The third kappa shape index (κ3) is 3.65. The van der Waals surface area contributed by atoms with Crippen LogP contribution in [0.15, 0.2) is 60.3 Å². The molecule has 2 aliphatic rings. The van der Waals surface area contributed by atoms with Crippen molar-refractivity contribution in [3.8, 4) is 11.5 Å². The largest absolute Gasteiger partial charge is 0.737 e. The predicted octanol–water partition coefficient (Wildman–Crippen LogP) is 5.87. The molecule has 35 heavy (non-hydrogen) atoms. The number of nitrogens with zero attached hydrogens (tertiary/aromatic N) is 2. The average Bonchev–Trinajstić information content (AvgIpc) is 3.45. The minimum absolute atomic E-state index is 0.357. The fourth-order valence-electron chi connectivity index (χ4n) is 4.77. The summed E-state index contributed by atoms with van der Waals surface area (Å²) < 4.78 is 44.9. The second-order valence-corrected chi connectivity index (χ2v) is 8.86. The van der Waals surface area contributed by atoms with Gasteiger partial charge in [-0.2, -0.15) is 0 Å². The first kappa shape index (κ1) is 23.0. The van der Waals surface area contributed by atoms with Crippen LogP contribution in [-0.4, -0.2) is 36.4 Å². The number of aryl methyl sites for hydroxylation is 1. The number of rotatable bonds is 5. The lowest BCUT2D eigenvalue weighted by Crippen LogP contribution is -2.50. The van der Waals surface area contributed by atoms with Gasteiger partial charge >= 0.3 is 6.97 Å². The van der Waals surface area contributed by atoms with E-state index in [4.69, 9.17) is 26.8 Å². The van der Waals surface area contributed by atoms with Crippen LogP contribution < -0.4 is 15.2 Å². The molecule has 0 fully saturated rings. The summed E-state index contributed by atoms with van der Waals surface area (Å²) in [7, 11) is 3.03. The van der Waals surface area contributed by atoms with E-state index >= 15 is 8.63 Å². The van der Waals surface area contributed by atoms with Gasteiger partial charge in [0.2, 0.25) is 0 Å². The van der Waals surface area contributed by atoms with Gasteiger partial charge in [0.05, 0.1) is 19.8 Å². The predicted molar refractivity (Wildman–Crippen MR) is 138 cm³/mol. The SMILES string of the molecule is COc1cc(Cl)cc(/C=C/c2cc(C)c3n2[B-](F)(F)[N+]2=CC=CC2=C3c2ccc(N)cc2)c1OC. The molecule has 3 heterocycles. The molecular weight excluding hydrogens is 471 g/mol. The van der Waals surface area contributed by atoms with E-state index in [0.29, 0.717) is 44.9 Å². The molecule has 1 aromatic heterocycles. The van der Waals surface area contributed by atoms with Crippen LogP contribution in [0.5, 0.6) is 11.5 Å². The van der Waals surface area contributed by atoms with Gasteiger partial charge in [0, 0.05) is 45.9 Å². The lowest BCUT2D eigenvalue weighted by Gasteiger charge is -2.32. The summed E-state index contributed by atoms with van der Waals surface area (Å²) in [5.74, 6) is 0.924. The van der Waals surface area contributed by atoms with E-state index in [2.05, 4.69) is 0 Å². The summed E-state index contributed by atoms with van der Waals surface area (Å²) in [5, 5.41) is 0.446. The Morgan fingerprint density at radius 1 is 1.06 bits per heavy atom. The summed E-state index contributed by atoms with van der Waals surface area (Å²) in [5.41, 5.74) is 10.7. The molecule has 5 rings (SSSR count). The third-order valence-corrected chi connectivity index (χ3v) is 6.50. The molecule has 0 atom stereocenters. The van der Waals surface area contributed by atoms with Crippen LogP contribution >= 0.6 is 11.6 Å².